The second-order valence-electron chi connectivity index (χ2n) is 5.43. The standard InChI is InChI=1S/C13H26N2O/c1-5-10(3)12(14)13(16)15-8-9(2)6-7-11(15)4/h9-12H,5-8,14H2,1-4H3/t9?,10?,11?,12-/m0/s1. The third-order valence-electron chi connectivity index (χ3n) is 3.94. The van der Waals surface area contributed by atoms with E-state index in [9.17, 15) is 4.79 Å². The Labute approximate surface area is 99.4 Å². The minimum atomic E-state index is -0.322. The fraction of sp³-hybridized carbons (Fsp3) is 0.923. The number of nitrogens with two attached hydrogens (primary N) is 1. The lowest BCUT2D eigenvalue weighted by molar-refractivity contribution is -0.138. The molecule has 1 aliphatic rings. The minimum absolute atomic E-state index is 0.147. The van der Waals surface area contributed by atoms with Gasteiger partial charge in [-0.3, -0.25) is 4.79 Å². The summed E-state index contributed by atoms with van der Waals surface area (Å²) in [4.78, 5) is 14.2. The Morgan fingerprint density at radius 2 is 2.06 bits per heavy atom. The van der Waals surface area contributed by atoms with Crippen LogP contribution in [0.1, 0.15) is 47.0 Å². The average molecular weight is 226 g/mol. The van der Waals surface area contributed by atoms with E-state index in [2.05, 4.69) is 27.7 Å². The van der Waals surface area contributed by atoms with E-state index in [0.717, 1.165) is 19.4 Å². The molecule has 2 N–H and O–H groups in total. The molecule has 0 aromatic carbocycles. The van der Waals surface area contributed by atoms with E-state index in [4.69, 9.17) is 5.73 Å². The van der Waals surface area contributed by atoms with E-state index in [1.54, 1.807) is 0 Å². The molecule has 1 aliphatic heterocycles. The molecule has 94 valence electrons. The number of hydrogen-bond donors (Lipinski definition) is 1. The van der Waals surface area contributed by atoms with Crippen LogP contribution in [-0.2, 0) is 4.79 Å². The van der Waals surface area contributed by atoms with Gasteiger partial charge in [-0.15, -0.1) is 0 Å². The topological polar surface area (TPSA) is 46.3 Å². The van der Waals surface area contributed by atoms with Crippen molar-refractivity contribution in [2.45, 2.75) is 59.0 Å². The van der Waals surface area contributed by atoms with E-state index >= 15 is 0 Å². The Bertz CT molecular complexity index is 242. The summed E-state index contributed by atoms with van der Waals surface area (Å²) in [5.74, 6) is 1.04. The summed E-state index contributed by atoms with van der Waals surface area (Å²) < 4.78 is 0. The maximum absolute atomic E-state index is 12.3. The molecule has 16 heavy (non-hydrogen) atoms. The number of rotatable bonds is 3. The lowest BCUT2D eigenvalue weighted by atomic mass is 9.92. The molecule has 4 atom stereocenters. The van der Waals surface area contributed by atoms with Crippen LogP contribution < -0.4 is 5.73 Å². The summed E-state index contributed by atoms with van der Waals surface area (Å²) >= 11 is 0. The molecule has 0 spiro atoms. The molecule has 1 amide bonds. The van der Waals surface area contributed by atoms with Crippen molar-refractivity contribution in [3.63, 3.8) is 0 Å². The minimum Gasteiger partial charge on any atom is -0.338 e. The Morgan fingerprint density at radius 1 is 1.44 bits per heavy atom. The highest BCUT2D eigenvalue weighted by atomic mass is 16.2. The molecule has 1 saturated heterocycles. The van der Waals surface area contributed by atoms with Crippen LogP contribution in [0.15, 0.2) is 0 Å². The first kappa shape index (κ1) is 13.5. The van der Waals surface area contributed by atoms with Crippen molar-refractivity contribution in [3.05, 3.63) is 0 Å². The predicted octanol–water partition coefficient (Wildman–Crippen LogP) is 2.01. The number of nitrogens with zero attached hydrogens (tertiary/aromatic N) is 1. The van der Waals surface area contributed by atoms with Gasteiger partial charge in [0.25, 0.3) is 0 Å². The zero-order valence-corrected chi connectivity index (χ0v) is 11.1. The molecule has 0 bridgehead atoms. The summed E-state index contributed by atoms with van der Waals surface area (Å²) in [5, 5.41) is 0. The highest BCUT2D eigenvalue weighted by molar-refractivity contribution is 5.82. The van der Waals surface area contributed by atoms with Crippen LogP contribution in [0.2, 0.25) is 0 Å². The Hall–Kier alpha value is -0.570. The van der Waals surface area contributed by atoms with Gasteiger partial charge < -0.3 is 10.6 Å². The lowest BCUT2D eigenvalue weighted by Crippen LogP contribution is -2.53. The Kier molecular flexibility index (Phi) is 4.78. The number of hydrogen-bond acceptors (Lipinski definition) is 2. The first-order valence-electron chi connectivity index (χ1n) is 6.53. The predicted molar refractivity (Wildman–Crippen MR) is 67.0 cm³/mol. The van der Waals surface area contributed by atoms with E-state index in [-0.39, 0.29) is 17.9 Å². The van der Waals surface area contributed by atoms with Gasteiger partial charge in [0.1, 0.15) is 0 Å². The molecule has 3 nitrogen and oxygen atoms in total. The molecule has 0 radical (unpaired) electrons. The van der Waals surface area contributed by atoms with Gasteiger partial charge in [0.2, 0.25) is 5.91 Å². The maximum Gasteiger partial charge on any atom is 0.240 e. The summed E-state index contributed by atoms with van der Waals surface area (Å²) in [5.41, 5.74) is 6.02. The number of piperidine rings is 1. The largest absolute Gasteiger partial charge is 0.338 e. The third-order valence-corrected chi connectivity index (χ3v) is 3.94. The van der Waals surface area contributed by atoms with Gasteiger partial charge in [-0.2, -0.15) is 0 Å². The normalized spacial score (nSPS) is 29.9. The highest BCUT2D eigenvalue weighted by Gasteiger charge is 2.31. The van der Waals surface area contributed by atoms with Gasteiger partial charge in [-0.05, 0) is 31.6 Å². The molecule has 0 aliphatic carbocycles. The molecule has 1 fully saturated rings. The van der Waals surface area contributed by atoms with E-state index < -0.39 is 0 Å². The fourth-order valence-electron chi connectivity index (χ4n) is 2.28. The van der Waals surface area contributed by atoms with E-state index in [0.29, 0.717) is 12.0 Å². The second kappa shape index (κ2) is 5.67. The monoisotopic (exact) mass is 226 g/mol. The lowest BCUT2D eigenvalue weighted by Gasteiger charge is -2.39. The van der Waals surface area contributed by atoms with Crippen molar-refractivity contribution in [3.8, 4) is 0 Å². The number of carbonyl (C=O) groups is 1. The summed E-state index contributed by atoms with van der Waals surface area (Å²) in [6, 6.07) is 0.0385. The molecule has 1 heterocycles. The quantitative estimate of drug-likeness (QED) is 0.800. The molecule has 0 aromatic rings. The van der Waals surface area contributed by atoms with Gasteiger partial charge in [0.15, 0.2) is 0 Å². The SMILES string of the molecule is CCC(C)[C@H](N)C(=O)N1CC(C)CCC1C. The van der Waals surface area contributed by atoms with Crippen molar-refractivity contribution < 1.29 is 4.79 Å². The van der Waals surface area contributed by atoms with Crippen LogP contribution in [0.5, 0.6) is 0 Å². The van der Waals surface area contributed by atoms with Crippen LogP contribution in [0.4, 0.5) is 0 Å². The van der Waals surface area contributed by atoms with Crippen LogP contribution in [0.25, 0.3) is 0 Å². The van der Waals surface area contributed by atoms with Crippen molar-refractivity contribution in [2.75, 3.05) is 6.54 Å². The van der Waals surface area contributed by atoms with Crippen molar-refractivity contribution >= 4 is 5.91 Å². The van der Waals surface area contributed by atoms with Crippen LogP contribution in [-0.4, -0.2) is 29.4 Å². The molecule has 0 saturated carbocycles. The van der Waals surface area contributed by atoms with Gasteiger partial charge in [0, 0.05) is 12.6 Å². The van der Waals surface area contributed by atoms with Gasteiger partial charge >= 0.3 is 0 Å². The van der Waals surface area contributed by atoms with Crippen LogP contribution >= 0.6 is 0 Å². The molecule has 0 aromatic heterocycles. The molecule has 1 rings (SSSR count). The summed E-state index contributed by atoms with van der Waals surface area (Å²) in [6.07, 6.45) is 3.30. The van der Waals surface area contributed by atoms with E-state index in [1.807, 2.05) is 4.90 Å². The van der Waals surface area contributed by atoms with Crippen molar-refractivity contribution in [1.29, 1.82) is 0 Å². The first-order chi connectivity index (χ1) is 7.47. The first-order valence-corrected chi connectivity index (χ1v) is 6.53. The Morgan fingerprint density at radius 3 is 2.62 bits per heavy atom. The molecule has 3 unspecified atom stereocenters. The highest BCUT2D eigenvalue weighted by Crippen LogP contribution is 2.23. The third kappa shape index (κ3) is 2.97. The average Bonchev–Trinajstić information content (AvgIpc) is 2.29. The van der Waals surface area contributed by atoms with Gasteiger partial charge in [0.05, 0.1) is 6.04 Å². The zero-order valence-electron chi connectivity index (χ0n) is 11.1. The Balaban J connectivity index is 2.64. The molecule has 3 heteroatoms. The number of amides is 1. The fourth-order valence-corrected chi connectivity index (χ4v) is 2.28. The van der Waals surface area contributed by atoms with Crippen molar-refractivity contribution in [1.82, 2.24) is 4.90 Å². The number of carbonyl (C=O) groups excluding carboxylic acids is 1. The van der Waals surface area contributed by atoms with Gasteiger partial charge in [-0.1, -0.05) is 27.2 Å². The maximum atomic E-state index is 12.3. The number of likely N-dealkylation sites (tertiary alicyclic amines) is 1. The molecular weight excluding hydrogens is 200 g/mol. The smallest absolute Gasteiger partial charge is 0.240 e. The van der Waals surface area contributed by atoms with Crippen molar-refractivity contribution in [2.24, 2.45) is 17.6 Å². The van der Waals surface area contributed by atoms with E-state index in [1.165, 1.54) is 6.42 Å². The summed E-state index contributed by atoms with van der Waals surface area (Å²) in [6.45, 7) is 9.36. The van der Waals surface area contributed by atoms with Crippen LogP contribution in [0.3, 0.4) is 0 Å². The second-order valence-corrected chi connectivity index (χ2v) is 5.43. The zero-order chi connectivity index (χ0) is 12.3. The van der Waals surface area contributed by atoms with Gasteiger partial charge in [-0.25, -0.2) is 0 Å². The van der Waals surface area contributed by atoms with Crippen LogP contribution in [0, 0.1) is 11.8 Å². The summed E-state index contributed by atoms with van der Waals surface area (Å²) in [7, 11) is 0. The molecular formula is C13H26N2O.